The Morgan fingerprint density at radius 2 is 1.85 bits per heavy atom. The summed E-state index contributed by atoms with van der Waals surface area (Å²) >= 11 is 1.38. The highest BCUT2D eigenvalue weighted by Crippen LogP contribution is 2.33. The van der Waals surface area contributed by atoms with Crippen LogP contribution in [0.2, 0.25) is 0 Å². The fraction of sp³-hybridized carbons (Fsp3) is 0.552. The fourth-order valence-electron chi connectivity index (χ4n) is 5.25. The van der Waals surface area contributed by atoms with Crippen LogP contribution in [0.1, 0.15) is 56.9 Å². The van der Waals surface area contributed by atoms with Gasteiger partial charge in [0.15, 0.2) is 0 Å². The van der Waals surface area contributed by atoms with Crippen molar-refractivity contribution in [1.29, 1.82) is 0 Å². The number of fused-ring (bicyclic) bond motifs is 1. The largest absolute Gasteiger partial charge is 0.496 e. The Hall–Kier alpha value is -3.15. The number of nitrogens with zero attached hydrogens (tertiary/aromatic N) is 3. The van der Waals surface area contributed by atoms with Crippen LogP contribution in [0.5, 0.6) is 5.75 Å². The summed E-state index contributed by atoms with van der Waals surface area (Å²) in [5.41, 5.74) is 0.278. The average molecular weight is 572 g/mol. The van der Waals surface area contributed by atoms with Gasteiger partial charge in [-0.15, -0.1) is 11.3 Å². The molecule has 0 radical (unpaired) electrons. The molecule has 216 valence electrons. The van der Waals surface area contributed by atoms with Crippen molar-refractivity contribution in [1.82, 2.24) is 14.0 Å². The minimum Gasteiger partial charge on any atom is -0.496 e. The van der Waals surface area contributed by atoms with Gasteiger partial charge in [-0.3, -0.25) is 13.9 Å². The Kier molecular flexibility index (Phi) is 8.08. The molecule has 3 aromatic rings. The molecule has 1 aromatic carbocycles. The molecule has 0 spiro atoms. The van der Waals surface area contributed by atoms with E-state index in [1.165, 1.54) is 20.8 Å². The first kappa shape index (κ1) is 28.4. The Morgan fingerprint density at radius 1 is 1.15 bits per heavy atom. The number of methoxy groups -OCH3 is 1. The quantitative estimate of drug-likeness (QED) is 0.418. The van der Waals surface area contributed by atoms with Crippen LogP contribution in [0.15, 0.2) is 39.2 Å². The highest BCUT2D eigenvalue weighted by atomic mass is 32.1. The van der Waals surface area contributed by atoms with E-state index in [1.54, 1.807) is 32.4 Å². The number of likely N-dealkylation sites (tertiary alicyclic amines) is 1. The zero-order valence-corrected chi connectivity index (χ0v) is 24.5. The number of rotatable bonds is 7. The molecule has 1 unspecified atom stereocenters. The Labute approximate surface area is 237 Å². The summed E-state index contributed by atoms with van der Waals surface area (Å²) < 4.78 is 26.2. The van der Waals surface area contributed by atoms with Gasteiger partial charge in [-0.2, -0.15) is 0 Å². The minimum absolute atomic E-state index is 0.0279. The van der Waals surface area contributed by atoms with Gasteiger partial charge in [0.2, 0.25) is 0 Å². The molecule has 2 aliphatic heterocycles. The topological polar surface area (TPSA) is 101 Å². The Balaban J connectivity index is 1.53. The molecule has 1 amide bonds. The minimum atomic E-state index is -0.629. The molecule has 40 heavy (non-hydrogen) atoms. The maximum absolute atomic E-state index is 14.1. The average Bonchev–Trinajstić information content (AvgIpc) is 3.27. The van der Waals surface area contributed by atoms with E-state index in [4.69, 9.17) is 18.9 Å². The van der Waals surface area contributed by atoms with Gasteiger partial charge in [-0.25, -0.2) is 9.59 Å². The van der Waals surface area contributed by atoms with Crippen molar-refractivity contribution in [3.63, 3.8) is 0 Å². The number of aryl methyl sites for hydroxylation is 1. The number of benzene rings is 1. The number of thiophene rings is 1. The number of hydrogen-bond donors (Lipinski definition) is 0. The van der Waals surface area contributed by atoms with E-state index in [0.29, 0.717) is 29.2 Å². The molecule has 2 fully saturated rings. The lowest BCUT2D eigenvalue weighted by molar-refractivity contribution is -0.0753. The predicted octanol–water partition coefficient (Wildman–Crippen LogP) is 4.27. The summed E-state index contributed by atoms with van der Waals surface area (Å²) in [4.78, 5) is 42.4. The van der Waals surface area contributed by atoms with Crippen LogP contribution in [0.25, 0.3) is 10.2 Å². The van der Waals surface area contributed by atoms with Crippen molar-refractivity contribution in [3.8, 4) is 5.75 Å². The normalized spacial score (nSPS) is 17.6. The number of carbonyl (C=O) groups is 1. The number of aromatic nitrogens is 2. The third-order valence-corrected chi connectivity index (χ3v) is 8.43. The molecule has 2 aliphatic rings. The van der Waals surface area contributed by atoms with E-state index in [0.717, 1.165) is 24.0 Å². The molecular formula is C29H37N3O7S. The predicted molar refractivity (Wildman–Crippen MR) is 153 cm³/mol. The van der Waals surface area contributed by atoms with E-state index in [9.17, 15) is 14.4 Å². The molecular weight excluding hydrogens is 534 g/mol. The molecule has 0 aliphatic carbocycles. The molecule has 5 rings (SSSR count). The van der Waals surface area contributed by atoms with Crippen LogP contribution in [0.3, 0.4) is 0 Å². The summed E-state index contributed by atoms with van der Waals surface area (Å²) in [5.74, 6) is 0.673. The second kappa shape index (κ2) is 11.4. The van der Waals surface area contributed by atoms with Gasteiger partial charge in [0.05, 0.1) is 31.2 Å². The maximum Gasteiger partial charge on any atom is 0.410 e. The first-order valence-corrected chi connectivity index (χ1v) is 14.5. The van der Waals surface area contributed by atoms with Crippen LogP contribution in [-0.2, 0) is 20.8 Å². The van der Waals surface area contributed by atoms with E-state index in [2.05, 4.69) is 0 Å². The first-order chi connectivity index (χ1) is 19.1. The summed E-state index contributed by atoms with van der Waals surface area (Å²) in [5, 5.41) is 2.42. The lowest BCUT2D eigenvalue weighted by atomic mass is 10.1. The first-order valence-electron chi connectivity index (χ1n) is 13.6. The van der Waals surface area contributed by atoms with Crippen LogP contribution >= 0.6 is 11.3 Å². The highest BCUT2D eigenvalue weighted by molar-refractivity contribution is 7.17. The molecule has 1 atom stereocenters. The van der Waals surface area contributed by atoms with Gasteiger partial charge < -0.3 is 23.8 Å². The number of carbonyl (C=O) groups excluding carboxylic acids is 1. The number of amides is 1. The highest BCUT2D eigenvalue weighted by Gasteiger charge is 2.37. The van der Waals surface area contributed by atoms with Gasteiger partial charge in [0.25, 0.3) is 5.56 Å². The van der Waals surface area contributed by atoms with E-state index in [-0.39, 0.29) is 31.3 Å². The molecule has 0 saturated carbocycles. The van der Waals surface area contributed by atoms with Crippen molar-refractivity contribution >= 4 is 27.6 Å². The maximum atomic E-state index is 14.1. The molecule has 10 nitrogen and oxygen atoms in total. The monoisotopic (exact) mass is 571 g/mol. The summed E-state index contributed by atoms with van der Waals surface area (Å²) in [6.45, 7) is 9.20. The molecule has 4 heterocycles. The van der Waals surface area contributed by atoms with Gasteiger partial charge in [-0.1, -0.05) is 18.2 Å². The summed E-state index contributed by atoms with van der Waals surface area (Å²) in [7, 11) is 1.62. The van der Waals surface area contributed by atoms with E-state index in [1.807, 2.05) is 36.6 Å². The number of para-hydroxylation sites is 1. The van der Waals surface area contributed by atoms with Gasteiger partial charge in [-0.05, 0) is 57.5 Å². The SMILES string of the molecule is COc1ccccc1C(Cn1c(=O)n(C2CN(C(=O)OC(C)(C)C)C2)c(=O)c2c(C)csc21)OC1CCOCC1. The van der Waals surface area contributed by atoms with E-state index >= 15 is 0 Å². The molecule has 2 saturated heterocycles. The zero-order valence-electron chi connectivity index (χ0n) is 23.7. The molecule has 0 N–H and O–H groups in total. The summed E-state index contributed by atoms with van der Waals surface area (Å²) in [6.07, 6.45) is 0.547. The second-order valence-corrected chi connectivity index (χ2v) is 12.2. The standard InChI is InChI=1S/C29H37N3O7S/c1-18-17-40-26-24(18)25(33)32(19-14-30(15-19)28(35)39-29(2,3)4)27(34)31(26)16-23(38-20-10-12-37-13-11-20)21-8-6-7-9-22(21)36-5/h6-9,17,19-20,23H,10-16H2,1-5H3. The van der Waals surface area contributed by atoms with Crippen molar-refractivity contribution in [2.75, 3.05) is 33.4 Å². The Morgan fingerprint density at radius 3 is 2.52 bits per heavy atom. The smallest absolute Gasteiger partial charge is 0.410 e. The zero-order chi connectivity index (χ0) is 28.6. The lowest BCUT2D eigenvalue weighted by Crippen LogP contribution is -2.57. The van der Waals surface area contributed by atoms with Gasteiger partial charge in [0, 0.05) is 31.9 Å². The number of ether oxygens (including phenoxy) is 4. The van der Waals surface area contributed by atoms with Gasteiger partial charge >= 0.3 is 11.8 Å². The molecule has 11 heteroatoms. The van der Waals surface area contributed by atoms with Crippen molar-refractivity contribution in [2.45, 2.75) is 70.9 Å². The van der Waals surface area contributed by atoms with Gasteiger partial charge in [0.1, 0.15) is 22.3 Å². The second-order valence-electron chi connectivity index (χ2n) is 11.4. The van der Waals surface area contributed by atoms with Crippen molar-refractivity contribution < 1.29 is 23.7 Å². The van der Waals surface area contributed by atoms with Crippen LogP contribution in [0, 0.1) is 6.92 Å². The van der Waals surface area contributed by atoms with Crippen molar-refractivity contribution in [3.05, 3.63) is 61.6 Å². The third kappa shape index (κ3) is 5.68. The third-order valence-electron chi connectivity index (χ3n) is 7.31. The molecule has 0 bridgehead atoms. The number of hydrogen-bond acceptors (Lipinski definition) is 8. The Bertz CT molecular complexity index is 1490. The van der Waals surface area contributed by atoms with Crippen molar-refractivity contribution in [2.24, 2.45) is 0 Å². The van der Waals surface area contributed by atoms with Crippen LogP contribution in [0.4, 0.5) is 4.79 Å². The fourth-order valence-corrected chi connectivity index (χ4v) is 6.30. The van der Waals surface area contributed by atoms with Crippen LogP contribution < -0.4 is 16.0 Å². The summed E-state index contributed by atoms with van der Waals surface area (Å²) in [6, 6.07) is 7.21. The lowest BCUT2D eigenvalue weighted by Gasteiger charge is -2.40. The van der Waals surface area contributed by atoms with E-state index < -0.39 is 29.5 Å². The molecule has 2 aromatic heterocycles. The van der Waals surface area contributed by atoms with Crippen LogP contribution in [-0.4, -0.2) is 65.2 Å².